The van der Waals surface area contributed by atoms with Crippen molar-refractivity contribution in [1.82, 2.24) is 9.97 Å². The predicted molar refractivity (Wildman–Crippen MR) is 58.3 cm³/mol. The van der Waals surface area contributed by atoms with Crippen LogP contribution in [-0.4, -0.2) is 17.1 Å². The molecule has 0 unspecified atom stereocenters. The minimum Gasteiger partial charge on any atom is -0.494 e. The fourth-order valence-corrected chi connectivity index (χ4v) is 1.42. The molecule has 0 spiro atoms. The van der Waals surface area contributed by atoms with E-state index in [4.69, 9.17) is 10.5 Å². The second-order valence-corrected chi connectivity index (χ2v) is 3.25. The Hall–Kier alpha value is -2.24. The molecule has 0 fully saturated rings. The van der Waals surface area contributed by atoms with Gasteiger partial charge in [-0.05, 0) is 12.1 Å². The summed E-state index contributed by atoms with van der Waals surface area (Å²) in [5, 5.41) is 0. The Labute approximate surface area is 96.1 Å². The number of methoxy groups -OCH3 is 1. The van der Waals surface area contributed by atoms with Crippen LogP contribution in [-0.2, 0) is 0 Å². The Balaban J connectivity index is 2.64. The molecule has 2 rings (SSSR count). The predicted octanol–water partition coefficient (Wildman–Crippen LogP) is 2.01. The number of ether oxygens (including phenoxy) is 1. The number of aromatic nitrogens is 2. The van der Waals surface area contributed by atoms with Gasteiger partial charge < -0.3 is 10.5 Å². The summed E-state index contributed by atoms with van der Waals surface area (Å²) in [6.45, 7) is 0. The Morgan fingerprint density at radius 1 is 1.29 bits per heavy atom. The van der Waals surface area contributed by atoms with Crippen molar-refractivity contribution < 1.29 is 13.5 Å². The molecule has 0 saturated carbocycles. The molecule has 0 aliphatic carbocycles. The maximum absolute atomic E-state index is 13.9. The van der Waals surface area contributed by atoms with E-state index in [1.54, 1.807) is 0 Å². The molecule has 1 aromatic carbocycles. The summed E-state index contributed by atoms with van der Waals surface area (Å²) in [6.07, 6.45) is 0.899. The molecule has 0 bridgehead atoms. The number of anilines is 1. The van der Waals surface area contributed by atoms with Crippen molar-refractivity contribution in [2.24, 2.45) is 0 Å². The average molecular weight is 237 g/mol. The van der Waals surface area contributed by atoms with Gasteiger partial charge in [-0.2, -0.15) is 0 Å². The van der Waals surface area contributed by atoms with Crippen LogP contribution in [0.1, 0.15) is 0 Å². The third kappa shape index (κ3) is 2.01. The van der Waals surface area contributed by atoms with Crippen molar-refractivity contribution in [3.05, 3.63) is 36.0 Å². The zero-order valence-corrected chi connectivity index (χ0v) is 8.95. The largest absolute Gasteiger partial charge is 0.494 e. The standard InChI is InChI=1S/C11H9F2N3O/c1-17-8-4-2-3-6(9(8)13)10-7(12)5-15-11(14)16-10/h2-5H,1H3,(H2,14,15,16). The van der Waals surface area contributed by atoms with Gasteiger partial charge in [-0.15, -0.1) is 0 Å². The summed E-state index contributed by atoms with van der Waals surface area (Å²) in [5.74, 6) is -1.54. The summed E-state index contributed by atoms with van der Waals surface area (Å²) in [7, 11) is 1.33. The average Bonchev–Trinajstić information content (AvgIpc) is 2.33. The lowest BCUT2D eigenvalue weighted by atomic mass is 10.1. The number of benzene rings is 1. The number of hydrogen-bond donors (Lipinski definition) is 1. The van der Waals surface area contributed by atoms with Crippen LogP contribution in [0.5, 0.6) is 5.75 Å². The van der Waals surface area contributed by atoms with E-state index < -0.39 is 11.6 Å². The molecule has 0 aliphatic rings. The van der Waals surface area contributed by atoms with Gasteiger partial charge in [0.2, 0.25) is 5.95 Å². The molecule has 17 heavy (non-hydrogen) atoms. The lowest BCUT2D eigenvalue weighted by Crippen LogP contribution is -2.00. The minimum absolute atomic E-state index is 0.0130. The highest BCUT2D eigenvalue weighted by Gasteiger charge is 2.15. The Kier molecular flexibility index (Phi) is 2.86. The zero-order valence-electron chi connectivity index (χ0n) is 8.95. The molecular weight excluding hydrogens is 228 g/mol. The first kappa shape index (κ1) is 11.3. The number of hydrogen-bond acceptors (Lipinski definition) is 4. The van der Waals surface area contributed by atoms with Gasteiger partial charge in [0.05, 0.1) is 13.3 Å². The first-order valence-electron chi connectivity index (χ1n) is 4.74. The SMILES string of the molecule is COc1cccc(-c2nc(N)ncc2F)c1F. The molecular formula is C11H9F2N3O. The van der Waals surface area contributed by atoms with Crippen LogP contribution < -0.4 is 10.5 Å². The molecule has 0 amide bonds. The van der Waals surface area contributed by atoms with Gasteiger partial charge in [-0.3, -0.25) is 0 Å². The van der Waals surface area contributed by atoms with Crippen molar-refractivity contribution in [2.45, 2.75) is 0 Å². The normalized spacial score (nSPS) is 10.3. The van der Waals surface area contributed by atoms with E-state index in [1.807, 2.05) is 0 Å². The van der Waals surface area contributed by atoms with Crippen LogP contribution in [0.2, 0.25) is 0 Å². The quantitative estimate of drug-likeness (QED) is 0.867. The molecule has 2 aromatic rings. The molecule has 0 atom stereocenters. The van der Waals surface area contributed by atoms with E-state index in [1.165, 1.54) is 25.3 Å². The van der Waals surface area contributed by atoms with Crippen LogP contribution in [0, 0.1) is 11.6 Å². The van der Waals surface area contributed by atoms with Crippen molar-refractivity contribution in [3.63, 3.8) is 0 Å². The molecule has 1 aromatic heterocycles. The van der Waals surface area contributed by atoms with Gasteiger partial charge in [-0.1, -0.05) is 6.07 Å². The van der Waals surface area contributed by atoms with Crippen LogP contribution in [0.15, 0.2) is 24.4 Å². The highest BCUT2D eigenvalue weighted by atomic mass is 19.1. The van der Waals surface area contributed by atoms with Gasteiger partial charge in [0.15, 0.2) is 17.4 Å². The highest BCUT2D eigenvalue weighted by molar-refractivity contribution is 5.63. The van der Waals surface area contributed by atoms with Crippen molar-refractivity contribution in [2.75, 3.05) is 12.8 Å². The van der Waals surface area contributed by atoms with E-state index in [-0.39, 0.29) is 23.0 Å². The molecule has 0 aliphatic heterocycles. The van der Waals surface area contributed by atoms with E-state index in [9.17, 15) is 8.78 Å². The summed E-state index contributed by atoms with van der Waals surface area (Å²) >= 11 is 0. The van der Waals surface area contributed by atoms with Gasteiger partial charge in [0.25, 0.3) is 0 Å². The van der Waals surface area contributed by atoms with E-state index in [0.29, 0.717) is 0 Å². The van der Waals surface area contributed by atoms with Gasteiger partial charge in [-0.25, -0.2) is 18.7 Å². The summed E-state index contributed by atoms with van der Waals surface area (Å²) in [6, 6.07) is 4.36. The van der Waals surface area contributed by atoms with E-state index >= 15 is 0 Å². The molecule has 1 heterocycles. The second kappa shape index (κ2) is 4.32. The first-order chi connectivity index (χ1) is 8.13. The van der Waals surface area contributed by atoms with Crippen LogP contribution in [0.4, 0.5) is 14.7 Å². The van der Waals surface area contributed by atoms with Gasteiger partial charge in [0, 0.05) is 5.56 Å². The second-order valence-electron chi connectivity index (χ2n) is 3.25. The molecule has 2 N–H and O–H groups in total. The summed E-state index contributed by atoms with van der Waals surface area (Å²) in [4.78, 5) is 7.15. The minimum atomic E-state index is -0.744. The number of nitrogen functional groups attached to an aromatic ring is 1. The maximum Gasteiger partial charge on any atom is 0.220 e. The smallest absolute Gasteiger partial charge is 0.220 e. The number of nitrogens with zero attached hydrogens (tertiary/aromatic N) is 2. The highest BCUT2D eigenvalue weighted by Crippen LogP contribution is 2.29. The van der Waals surface area contributed by atoms with Gasteiger partial charge in [0.1, 0.15) is 5.69 Å². The van der Waals surface area contributed by atoms with Crippen LogP contribution in [0.25, 0.3) is 11.3 Å². The van der Waals surface area contributed by atoms with Crippen LogP contribution >= 0.6 is 0 Å². The molecule has 0 radical (unpaired) electrons. The van der Waals surface area contributed by atoms with Crippen molar-refractivity contribution in [3.8, 4) is 17.0 Å². The Morgan fingerprint density at radius 3 is 2.76 bits per heavy atom. The van der Waals surface area contributed by atoms with Gasteiger partial charge >= 0.3 is 0 Å². The number of nitrogens with two attached hydrogens (primary N) is 1. The first-order valence-corrected chi connectivity index (χ1v) is 4.74. The molecule has 0 saturated heterocycles. The topological polar surface area (TPSA) is 61.0 Å². The third-order valence-electron chi connectivity index (χ3n) is 2.20. The van der Waals surface area contributed by atoms with Crippen molar-refractivity contribution in [1.29, 1.82) is 0 Å². The monoisotopic (exact) mass is 237 g/mol. The fraction of sp³-hybridized carbons (Fsp3) is 0.0909. The number of halogens is 2. The van der Waals surface area contributed by atoms with E-state index in [0.717, 1.165) is 6.20 Å². The zero-order chi connectivity index (χ0) is 12.4. The maximum atomic E-state index is 13.9. The lowest BCUT2D eigenvalue weighted by Gasteiger charge is -2.07. The summed E-state index contributed by atoms with van der Waals surface area (Å²) in [5.41, 5.74) is 5.14. The Morgan fingerprint density at radius 2 is 2.06 bits per heavy atom. The molecule has 4 nitrogen and oxygen atoms in total. The van der Waals surface area contributed by atoms with Crippen LogP contribution in [0.3, 0.4) is 0 Å². The third-order valence-corrected chi connectivity index (χ3v) is 2.20. The van der Waals surface area contributed by atoms with Crippen molar-refractivity contribution >= 4 is 5.95 Å². The number of rotatable bonds is 2. The lowest BCUT2D eigenvalue weighted by molar-refractivity contribution is 0.387. The molecule has 6 heteroatoms. The Bertz CT molecular complexity index is 560. The molecule has 88 valence electrons. The summed E-state index contributed by atoms with van der Waals surface area (Å²) < 4.78 is 32.2. The van der Waals surface area contributed by atoms with E-state index in [2.05, 4.69) is 9.97 Å². The fourth-order valence-electron chi connectivity index (χ4n) is 1.42.